The zero-order valence-electron chi connectivity index (χ0n) is 13.0. The number of carbonyl (C=O) groups excluding carboxylic acids is 2. The second-order valence-electron chi connectivity index (χ2n) is 5.32. The molecule has 0 radical (unpaired) electrons. The number of Topliss-reactive ketones (excluding diaryl/α,β-unsaturated/α-hetero) is 1. The average molecular weight is 330 g/mol. The van der Waals surface area contributed by atoms with E-state index in [1.165, 1.54) is 31.4 Å². The third kappa shape index (κ3) is 3.22. The van der Waals surface area contributed by atoms with Crippen molar-refractivity contribution in [1.29, 1.82) is 0 Å². The molecule has 6 heteroatoms. The van der Waals surface area contributed by atoms with Crippen molar-refractivity contribution < 1.29 is 28.2 Å². The van der Waals surface area contributed by atoms with Crippen LogP contribution in [0.2, 0.25) is 0 Å². The summed E-state index contributed by atoms with van der Waals surface area (Å²) in [6.45, 7) is 0.121. The van der Waals surface area contributed by atoms with Crippen LogP contribution in [-0.2, 0) is 9.53 Å². The molecule has 0 unspecified atom stereocenters. The van der Waals surface area contributed by atoms with Gasteiger partial charge in [0.05, 0.1) is 13.0 Å². The van der Waals surface area contributed by atoms with Crippen molar-refractivity contribution in [2.45, 2.75) is 12.3 Å². The van der Waals surface area contributed by atoms with E-state index < -0.39 is 17.7 Å². The van der Waals surface area contributed by atoms with E-state index in [0.717, 1.165) is 0 Å². The van der Waals surface area contributed by atoms with Crippen LogP contribution in [0.4, 0.5) is 4.39 Å². The molecule has 5 nitrogen and oxygen atoms in total. The van der Waals surface area contributed by atoms with Crippen LogP contribution in [-0.4, -0.2) is 25.7 Å². The Labute approximate surface area is 138 Å². The summed E-state index contributed by atoms with van der Waals surface area (Å²) in [6, 6.07) is 10.3. The first-order valence-corrected chi connectivity index (χ1v) is 7.34. The lowest BCUT2D eigenvalue weighted by molar-refractivity contribution is -0.142. The zero-order valence-corrected chi connectivity index (χ0v) is 13.0. The highest BCUT2D eigenvalue weighted by Crippen LogP contribution is 2.36. The van der Waals surface area contributed by atoms with Crippen LogP contribution in [0.3, 0.4) is 0 Å². The van der Waals surface area contributed by atoms with Gasteiger partial charge in [-0.25, -0.2) is 4.39 Å². The number of halogens is 1. The van der Waals surface area contributed by atoms with E-state index in [1.807, 2.05) is 0 Å². The minimum absolute atomic E-state index is 0.0854. The van der Waals surface area contributed by atoms with Crippen LogP contribution in [0.15, 0.2) is 42.5 Å². The normalized spacial score (nSPS) is 13.4. The quantitative estimate of drug-likeness (QED) is 0.623. The number of esters is 1. The number of rotatable bonds is 5. The maximum atomic E-state index is 13.0. The summed E-state index contributed by atoms with van der Waals surface area (Å²) in [4.78, 5) is 24.5. The summed E-state index contributed by atoms with van der Waals surface area (Å²) < 4.78 is 28.3. The smallest absolute Gasteiger partial charge is 0.313 e. The average Bonchev–Trinajstić information content (AvgIpc) is 3.07. The fourth-order valence-electron chi connectivity index (χ4n) is 2.55. The van der Waals surface area contributed by atoms with Crippen molar-refractivity contribution in [3.05, 3.63) is 59.4 Å². The first-order valence-electron chi connectivity index (χ1n) is 7.34. The number of benzene rings is 2. The second kappa shape index (κ2) is 6.70. The van der Waals surface area contributed by atoms with Crippen LogP contribution >= 0.6 is 0 Å². The maximum Gasteiger partial charge on any atom is 0.313 e. The first kappa shape index (κ1) is 16.0. The van der Waals surface area contributed by atoms with E-state index in [1.54, 1.807) is 18.2 Å². The van der Waals surface area contributed by atoms with Gasteiger partial charge in [0.1, 0.15) is 5.82 Å². The van der Waals surface area contributed by atoms with Crippen LogP contribution in [0.5, 0.6) is 11.5 Å². The molecule has 0 aromatic heterocycles. The fourth-order valence-corrected chi connectivity index (χ4v) is 2.55. The van der Waals surface area contributed by atoms with Gasteiger partial charge in [0.25, 0.3) is 0 Å². The van der Waals surface area contributed by atoms with Crippen molar-refractivity contribution in [3.63, 3.8) is 0 Å². The van der Waals surface area contributed by atoms with Gasteiger partial charge in [0.2, 0.25) is 6.79 Å². The SMILES string of the molecule is COC(=O)[C@@H](CC(=O)c1ccc(F)cc1)c1ccc2c(c1)OCO2. The lowest BCUT2D eigenvalue weighted by atomic mass is 9.91. The van der Waals surface area contributed by atoms with E-state index in [-0.39, 0.29) is 19.0 Å². The Morgan fingerprint density at radius 1 is 1.12 bits per heavy atom. The van der Waals surface area contributed by atoms with Gasteiger partial charge in [-0.05, 0) is 42.0 Å². The predicted molar refractivity (Wildman–Crippen MR) is 82.7 cm³/mol. The summed E-state index contributed by atoms with van der Waals surface area (Å²) in [5.74, 6) is -0.885. The lowest BCUT2D eigenvalue weighted by Gasteiger charge is -2.15. The molecule has 0 fully saturated rings. The molecule has 1 aliphatic rings. The van der Waals surface area contributed by atoms with E-state index in [4.69, 9.17) is 14.2 Å². The Morgan fingerprint density at radius 3 is 2.54 bits per heavy atom. The number of hydrogen-bond donors (Lipinski definition) is 0. The Bertz CT molecular complexity index is 769. The molecule has 0 spiro atoms. The topological polar surface area (TPSA) is 61.8 Å². The van der Waals surface area contributed by atoms with E-state index in [0.29, 0.717) is 22.6 Å². The summed E-state index contributed by atoms with van der Waals surface area (Å²) in [5.41, 5.74) is 0.938. The fraction of sp³-hybridized carbons (Fsp3) is 0.222. The van der Waals surface area contributed by atoms with E-state index >= 15 is 0 Å². The summed E-state index contributed by atoms with van der Waals surface area (Å²) in [6.07, 6.45) is -0.0854. The highest BCUT2D eigenvalue weighted by Gasteiger charge is 2.27. The van der Waals surface area contributed by atoms with Crippen molar-refractivity contribution in [2.24, 2.45) is 0 Å². The van der Waals surface area contributed by atoms with Gasteiger partial charge in [-0.15, -0.1) is 0 Å². The summed E-state index contributed by atoms with van der Waals surface area (Å²) in [7, 11) is 1.27. The first-order chi connectivity index (χ1) is 11.6. The Morgan fingerprint density at radius 2 is 1.83 bits per heavy atom. The Kier molecular flexibility index (Phi) is 4.46. The number of methoxy groups -OCH3 is 1. The van der Waals surface area contributed by atoms with Crippen molar-refractivity contribution >= 4 is 11.8 Å². The van der Waals surface area contributed by atoms with Crippen LogP contribution in [0.1, 0.15) is 28.3 Å². The number of fused-ring (bicyclic) bond motifs is 1. The minimum Gasteiger partial charge on any atom is -0.469 e. The molecule has 0 saturated heterocycles. The molecule has 0 saturated carbocycles. The van der Waals surface area contributed by atoms with Crippen LogP contribution in [0.25, 0.3) is 0 Å². The van der Waals surface area contributed by atoms with Gasteiger partial charge in [-0.3, -0.25) is 9.59 Å². The van der Waals surface area contributed by atoms with E-state index in [2.05, 4.69) is 0 Å². The molecule has 3 rings (SSSR count). The highest BCUT2D eigenvalue weighted by atomic mass is 19.1. The standard InChI is InChI=1S/C18H15FO5/c1-22-18(21)14(9-15(20)11-2-5-13(19)6-3-11)12-4-7-16-17(8-12)24-10-23-16/h2-8,14H,9-10H2,1H3/t14-/m0/s1. The molecule has 0 amide bonds. The van der Waals surface area contributed by atoms with Gasteiger partial charge in [0, 0.05) is 12.0 Å². The highest BCUT2D eigenvalue weighted by molar-refractivity contribution is 5.99. The molecule has 0 aliphatic carbocycles. The monoisotopic (exact) mass is 330 g/mol. The molecule has 2 aromatic carbocycles. The van der Waals surface area contributed by atoms with Crippen molar-refractivity contribution in [2.75, 3.05) is 13.9 Å². The van der Waals surface area contributed by atoms with Gasteiger partial charge >= 0.3 is 5.97 Å². The number of carbonyl (C=O) groups is 2. The molecule has 124 valence electrons. The van der Waals surface area contributed by atoms with Gasteiger partial charge in [-0.2, -0.15) is 0 Å². The van der Waals surface area contributed by atoms with Crippen molar-refractivity contribution in [1.82, 2.24) is 0 Å². The van der Waals surface area contributed by atoms with E-state index in [9.17, 15) is 14.0 Å². The summed E-state index contributed by atoms with van der Waals surface area (Å²) >= 11 is 0. The second-order valence-corrected chi connectivity index (χ2v) is 5.32. The largest absolute Gasteiger partial charge is 0.469 e. The maximum absolute atomic E-state index is 13.0. The number of hydrogen-bond acceptors (Lipinski definition) is 5. The molecular weight excluding hydrogens is 315 g/mol. The molecule has 1 aliphatic heterocycles. The van der Waals surface area contributed by atoms with Gasteiger partial charge < -0.3 is 14.2 Å². The van der Waals surface area contributed by atoms with Crippen LogP contribution in [0, 0.1) is 5.82 Å². The summed E-state index contributed by atoms with van der Waals surface area (Å²) in [5, 5.41) is 0. The molecule has 24 heavy (non-hydrogen) atoms. The van der Waals surface area contributed by atoms with Crippen LogP contribution < -0.4 is 9.47 Å². The minimum atomic E-state index is -0.776. The number of ketones is 1. The zero-order chi connectivity index (χ0) is 17.1. The molecule has 0 N–H and O–H groups in total. The molecule has 1 atom stereocenters. The molecular formula is C18H15FO5. The van der Waals surface area contributed by atoms with Gasteiger partial charge in [-0.1, -0.05) is 6.07 Å². The molecule has 2 aromatic rings. The third-order valence-electron chi connectivity index (χ3n) is 3.84. The van der Waals surface area contributed by atoms with Gasteiger partial charge in [0.15, 0.2) is 17.3 Å². The Balaban J connectivity index is 1.85. The van der Waals surface area contributed by atoms with Crippen molar-refractivity contribution in [3.8, 4) is 11.5 Å². The molecule has 0 bridgehead atoms. The lowest BCUT2D eigenvalue weighted by Crippen LogP contribution is -2.18. The predicted octanol–water partition coefficient (Wildman–Crippen LogP) is 3.08. The number of ether oxygens (including phenoxy) is 3. The third-order valence-corrected chi connectivity index (χ3v) is 3.84. The Hall–Kier alpha value is -2.89. The molecule has 1 heterocycles.